The van der Waals surface area contributed by atoms with Crippen LogP contribution >= 0.6 is 0 Å². The number of nitrogens with zero attached hydrogens (tertiary/aromatic N) is 1. The predicted molar refractivity (Wildman–Crippen MR) is 46.0 cm³/mol. The van der Waals surface area contributed by atoms with Gasteiger partial charge in [0.05, 0.1) is 16.5 Å². The van der Waals surface area contributed by atoms with E-state index in [0.29, 0.717) is 0 Å². The number of nitrogens with two attached hydrogens (primary N) is 1. The minimum Gasteiger partial charge on any atom is -0.319 e. The first-order valence-electron chi connectivity index (χ1n) is 3.81. The normalized spacial score (nSPS) is 12.9. The molecule has 0 saturated carbocycles. The molecule has 14 heavy (non-hydrogen) atoms. The van der Waals surface area contributed by atoms with Gasteiger partial charge < -0.3 is 5.73 Å². The molecule has 0 heterocycles. The Morgan fingerprint density at radius 2 is 1.93 bits per heavy atom. The quantitative estimate of drug-likeness (QED) is 0.600. The molecule has 0 spiro atoms. The Labute approximate surface area is 78.5 Å². The van der Waals surface area contributed by atoms with Gasteiger partial charge in [0, 0.05) is 6.07 Å². The van der Waals surface area contributed by atoms with Crippen molar-refractivity contribution in [2.75, 3.05) is 0 Å². The molecule has 0 bridgehead atoms. The van der Waals surface area contributed by atoms with Gasteiger partial charge in [0.2, 0.25) is 0 Å². The summed E-state index contributed by atoms with van der Waals surface area (Å²) < 4.78 is 24.4. The van der Waals surface area contributed by atoms with Gasteiger partial charge in [-0.15, -0.1) is 0 Å². The van der Waals surface area contributed by atoms with Gasteiger partial charge in [-0.3, -0.25) is 10.1 Å². The van der Waals surface area contributed by atoms with Crippen LogP contribution in [0.5, 0.6) is 0 Å². The molecule has 0 fully saturated rings. The highest BCUT2D eigenvalue weighted by atomic mass is 19.3. The van der Waals surface area contributed by atoms with E-state index < -0.39 is 17.4 Å². The highest BCUT2D eigenvalue weighted by Crippen LogP contribution is 2.26. The Morgan fingerprint density at radius 1 is 1.36 bits per heavy atom. The molecule has 76 valence electrons. The van der Waals surface area contributed by atoms with E-state index in [1.165, 1.54) is 18.2 Å². The molecule has 0 aliphatic heterocycles. The highest BCUT2D eigenvalue weighted by Gasteiger charge is 2.25. The first kappa shape index (κ1) is 10.5. The highest BCUT2D eigenvalue weighted by molar-refractivity contribution is 5.42. The van der Waals surface area contributed by atoms with Crippen molar-refractivity contribution < 1.29 is 13.7 Å². The standard InChI is InChI=1S/C8H8F2N2O2/c9-8(10)7(11)5-3-1-2-4-6(5)12(13)14/h1-4,7-8H,11H2/t7-/m0/s1. The number of alkyl halides is 2. The van der Waals surface area contributed by atoms with Crippen molar-refractivity contribution in [3.63, 3.8) is 0 Å². The summed E-state index contributed by atoms with van der Waals surface area (Å²) >= 11 is 0. The van der Waals surface area contributed by atoms with Gasteiger partial charge in [-0.2, -0.15) is 0 Å². The summed E-state index contributed by atoms with van der Waals surface area (Å²) in [4.78, 5) is 9.73. The Morgan fingerprint density at radius 3 is 2.43 bits per heavy atom. The molecule has 6 heteroatoms. The number of hydrogen-bond acceptors (Lipinski definition) is 3. The Hall–Kier alpha value is -1.56. The molecule has 1 aromatic carbocycles. The monoisotopic (exact) mass is 202 g/mol. The Bertz CT molecular complexity index is 344. The number of rotatable bonds is 3. The van der Waals surface area contributed by atoms with Crippen molar-refractivity contribution >= 4 is 5.69 Å². The minimum atomic E-state index is -2.81. The number of benzene rings is 1. The summed E-state index contributed by atoms with van der Waals surface area (Å²) in [6, 6.07) is 3.60. The number of nitro benzene ring substituents is 1. The maximum Gasteiger partial charge on any atom is 0.274 e. The van der Waals surface area contributed by atoms with Crippen LogP contribution in [-0.4, -0.2) is 11.3 Å². The molecule has 4 nitrogen and oxygen atoms in total. The van der Waals surface area contributed by atoms with Crippen molar-refractivity contribution in [1.29, 1.82) is 0 Å². The van der Waals surface area contributed by atoms with Crippen LogP contribution in [-0.2, 0) is 0 Å². The summed E-state index contributed by atoms with van der Waals surface area (Å²) in [5, 5.41) is 10.5. The van der Waals surface area contributed by atoms with Crippen molar-refractivity contribution in [3.05, 3.63) is 39.9 Å². The first-order valence-corrected chi connectivity index (χ1v) is 3.81. The van der Waals surface area contributed by atoms with E-state index in [9.17, 15) is 18.9 Å². The topological polar surface area (TPSA) is 69.2 Å². The third-order valence-electron chi connectivity index (χ3n) is 1.76. The van der Waals surface area contributed by atoms with Crippen LogP contribution in [0.1, 0.15) is 11.6 Å². The first-order chi connectivity index (χ1) is 6.54. The van der Waals surface area contributed by atoms with E-state index in [1.807, 2.05) is 0 Å². The average molecular weight is 202 g/mol. The summed E-state index contributed by atoms with van der Waals surface area (Å²) in [5.41, 5.74) is 4.60. The lowest BCUT2D eigenvalue weighted by atomic mass is 10.1. The van der Waals surface area contributed by atoms with Gasteiger partial charge in [-0.05, 0) is 0 Å². The molecule has 0 aliphatic carbocycles. The van der Waals surface area contributed by atoms with Gasteiger partial charge in [-0.1, -0.05) is 18.2 Å². The lowest BCUT2D eigenvalue weighted by Crippen LogP contribution is -2.20. The van der Waals surface area contributed by atoms with Crippen LogP contribution < -0.4 is 5.73 Å². The summed E-state index contributed by atoms with van der Waals surface area (Å²) in [7, 11) is 0. The van der Waals surface area contributed by atoms with E-state index in [4.69, 9.17) is 5.73 Å². The second kappa shape index (κ2) is 4.10. The summed E-state index contributed by atoms with van der Waals surface area (Å²) in [5.74, 6) is 0. The maximum absolute atomic E-state index is 12.2. The maximum atomic E-state index is 12.2. The van der Waals surface area contributed by atoms with Crippen molar-refractivity contribution in [2.45, 2.75) is 12.5 Å². The molecule has 0 amide bonds. The molecule has 1 aromatic rings. The fourth-order valence-corrected chi connectivity index (χ4v) is 1.07. The average Bonchev–Trinajstić information content (AvgIpc) is 2.16. The van der Waals surface area contributed by atoms with Crippen LogP contribution in [0.15, 0.2) is 24.3 Å². The van der Waals surface area contributed by atoms with Gasteiger partial charge in [0.15, 0.2) is 0 Å². The Balaban J connectivity index is 3.13. The SMILES string of the molecule is N[C@@H](c1ccccc1[N+](=O)[O-])C(F)F. The molecule has 0 aromatic heterocycles. The lowest BCUT2D eigenvalue weighted by Gasteiger charge is -2.10. The van der Waals surface area contributed by atoms with E-state index in [0.717, 1.165) is 6.07 Å². The van der Waals surface area contributed by atoms with Gasteiger partial charge in [-0.25, -0.2) is 8.78 Å². The summed E-state index contributed by atoms with van der Waals surface area (Å²) in [6.45, 7) is 0. The smallest absolute Gasteiger partial charge is 0.274 e. The number of nitro groups is 1. The lowest BCUT2D eigenvalue weighted by molar-refractivity contribution is -0.385. The fraction of sp³-hybridized carbons (Fsp3) is 0.250. The van der Waals surface area contributed by atoms with Crippen LogP contribution in [0.4, 0.5) is 14.5 Å². The fourth-order valence-electron chi connectivity index (χ4n) is 1.07. The minimum absolute atomic E-state index is 0.146. The molecule has 0 aliphatic rings. The van der Waals surface area contributed by atoms with E-state index >= 15 is 0 Å². The number of halogens is 2. The van der Waals surface area contributed by atoms with Gasteiger partial charge in [0.1, 0.15) is 0 Å². The van der Waals surface area contributed by atoms with E-state index in [-0.39, 0.29) is 11.3 Å². The third-order valence-corrected chi connectivity index (χ3v) is 1.76. The largest absolute Gasteiger partial charge is 0.319 e. The van der Waals surface area contributed by atoms with Crippen molar-refractivity contribution in [3.8, 4) is 0 Å². The number of hydrogen-bond donors (Lipinski definition) is 1. The zero-order chi connectivity index (χ0) is 10.7. The molecule has 0 saturated heterocycles. The van der Waals surface area contributed by atoms with E-state index in [2.05, 4.69) is 0 Å². The molecular formula is C8H8F2N2O2. The zero-order valence-electron chi connectivity index (χ0n) is 7.06. The number of para-hydroxylation sites is 1. The molecule has 2 N–H and O–H groups in total. The predicted octanol–water partition coefficient (Wildman–Crippen LogP) is 1.86. The van der Waals surface area contributed by atoms with Crippen LogP contribution in [0, 0.1) is 10.1 Å². The molecule has 1 atom stereocenters. The van der Waals surface area contributed by atoms with E-state index in [1.54, 1.807) is 0 Å². The van der Waals surface area contributed by atoms with Crippen molar-refractivity contribution in [1.82, 2.24) is 0 Å². The van der Waals surface area contributed by atoms with Gasteiger partial charge in [0.25, 0.3) is 12.1 Å². The molecule has 0 radical (unpaired) electrons. The van der Waals surface area contributed by atoms with Crippen LogP contribution in [0.2, 0.25) is 0 Å². The molecule has 0 unspecified atom stereocenters. The van der Waals surface area contributed by atoms with Crippen LogP contribution in [0.3, 0.4) is 0 Å². The second-order valence-corrected chi connectivity index (χ2v) is 2.68. The second-order valence-electron chi connectivity index (χ2n) is 2.68. The Kier molecular flexibility index (Phi) is 3.08. The zero-order valence-corrected chi connectivity index (χ0v) is 7.06. The third kappa shape index (κ3) is 2.02. The van der Waals surface area contributed by atoms with Crippen LogP contribution in [0.25, 0.3) is 0 Å². The van der Waals surface area contributed by atoms with Crippen molar-refractivity contribution in [2.24, 2.45) is 5.73 Å². The van der Waals surface area contributed by atoms with Gasteiger partial charge >= 0.3 is 0 Å². The molecule has 1 rings (SSSR count). The summed E-state index contributed by atoms with van der Waals surface area (Å²) in [6.07, 6.45) is -2.81. The molecular weight excluding hydrogens is 194 g/mol.